The van der Waals surface area contributed by atoms with Gasteiger partial charge in [0, 0.05) is 24.4 Å². The van der Waals surface area contributed by atoms with Crippen molar-refractivity contribution in [3.8, 4) is 6.07 Å². The summed E-state index contributed by atoms with van der Waals surface area (Å²) < 4.78 is 1.29. The second-order valence-electron chi connectivity index (χ2n) is 6.40. The summed E-state index contributed by atoms with van der Waals surface area (Å²) in [6.07, 6.45) is 8.89. The quantitative estimate of drug-likeness (QED) is 0.402. The second-order valence-corrected chi connectivity index (χ2v) is 6.40. The third-order valence-electron chi connectivity index (χ3n) is 4.25. The van der Waals surface area contributed by atoms with Crippen molar-refractivity contribution in [3.63, 3.8) is 0 Å². The average molecular weight is 337 g/mol. The molecule has 0 radical (unpaired) electrons. The Hall–Kier alpha value is -2.98. The predicted octanol–water partition coefficient (Wildman–Crippen LogP) is 1.29. The third kappa shape index (κ3) is 3.30. The molecule has 1 aliphatic rings. The maximum absolute atomic E-state index is 12.8. The lowest BCUT2D eigenvalue weighted by Crippen LogP contribution is -2.78. The standard InChI is InChI=1S/C18H20N6O/c1-11(2)15-16(13(7-19)9-21-6-5-12-3-4-12)23-17-14(8-20)10-22-24(17)18(15)25/h3,7,9-11,19,21-22H,4-6H2,1-2H3/p+1. The molecule has 1 aliphatic carbocycles. The minimum absolute atomic E-state index is 0.0549. The average Bonchev–Trinajstić information content (AvgIpc) is 3.32. The van der Waals surface area contributed by atoms with E-state index in [0.29, 0.717) is 28.0 Å². The van der Waals surface area contributed by atoms with Crippen LogP contribution in [0.5, 0.6) is 0 Å². The topological polar surface area (TPSA) is 114 Å². The molecule has 0 atom stereocenters. The van der Waals surface area contributed by atoms with Gasteiger partial charge in [0.25, 0.3) is 5.56 Å². The van der Waals surface area contributed by atoms with Crippen LogP contribution < -0.4 is 10.9 Å². The smallest absolute Gasteiger partial charge is 0.276 e. The molecule has 0 aliphatic heterocycles. The Morgan fingerprint density at radius 1 is 1.60 bits per heavy atom. The van der Waals surface area contributed by atoms with Crippen molar-refractivity contribution in [2.75, 3.05) is 6.54 Å². The first-order chi connectivity index (χ1) is 12.1. The summed E-state index contributed by atoms with van der Waals surface area (Å²) in [6.45, 7) is 4.75. The molecule has 0 unspecified atom stereocenters. The van der Waals surface area contributed by atoms with E-state index in [-0.39, 0.29) is 11.5 Å². The Kier molecular flexibility index (Phi) is 4.63. The first-order valence-corrected chi connectivity index (χ1v) is 8.33. The molecule has 2 aromatic rings. The van der Waals surface area contributed by atoms with E-state index in [1.54, 1.807) is 0 Å². The minimum Gasteiger partial charge on any atom is -0.319 e. The Labute approximate surface area is 145 Å². The van der Waals surface area contributed by atoms with E-state index in [1.165, 1.54) is 22.5 Å². The Bertz CT molecular complexity index is 983. The number of rotatable bonds is 7. The first-order valence-electron chi connectivity index (χ1n) is 8.33. The van der Waals surface area contributed by atoms with E-state index in [2.05, 4.69) is 16.2 Å². The van der Waals surface area contributed by atoms with Crippen LogP contribution in [0.25, 0.3) is 11.2 Å². The fourth-order valence-corrected chi connectivity index (χ4v) is 2.80. The van der Waals surface area contributed by atoms with Crippen LogP contribution in [0.4, 0.5) is 0 Å². The van der Waals surface area contributed by atoms with Crippen molar-refractivity contribution in [2.24, 2.45) is 0 Å². The molecule has 0 spiro atoms. The molecule has 4 N–H and O–H groups in total. The van der Waals surface area contributed by atoms with Gasteiger partial charge >= 0.3 is 0 Å². The van der Waals surface area contributed by atoms with Crippen molar-refractivity contribution in [1.29, 1.82) is 10.7 Å². The molecular formula is C18H21N6O+. The molecule has 0 saturated carbocycles. The molecular weight excluding hydrogens is 316 g/mol. The molecule has 2 heterocycles. The normalized spacial score (nSPS) is 13.8. The van der Waals surface area contributed by atoms with Crippen LogP contribution >= 0.6 is 0 Å². The van der Waals surface area contributed by atoms with Crippen molar-refractivity contribution in [1.82, 2.24) is 14.6 Å². The number of nitriles is 1. The van der Waals surface area contributed by atoms with Crippen LogP contribution in [0, 0.1) is 16.7 Å². The maximum atomic E-state index is 12.8. The van der Waals surface area contributed by atoms with Crippen LogP contribution in [-0.4, -0.2) is 27.4 Å². The molecule has 0 bridgehead atoms. The van der Waals surface area contributed by atoms with Gasteiger partial charge in [-0.3, -0.25) is 9.89 Å². The molecule has 2 aromatic heterocycles. The van der Waals surface area contributed by atoms with Gasteiger partial charge in [0.15, 0.2) is 5.65 Å². The molecule has 0 amide bonds. The second kappa shape index (κ2) is 6.87. The van der Waals surface area contributed by atoms with E-state index in [9.17, 15) is 10.1 Å². The maximum Gasteiger partial charge on any atom is 0.276 e. The summed E-state index contributed by atoms with van der Waals surface area (Å²) in [5.41, 5.74) is 3.44. The largest absolute Gasteiger partial charge is 0.319 e. The number of allylic oxidation sites excluding steroid dienone is 2. The summed E-state index contributed by atoms with van der Waals surface area (Å²) in [5, 5.41) is 21.8. The van der Waals surface area contributed by atoms with Crippen LogP contribution in [0.2, 0.25) is 0 Å². The Morgan fingerprint density at radius 2 is 2.36 bits per heavy atom. The lowest BCUT2D eigenvalue weighted by Gasteiger charge is -2.11. The van der Waals surface area contributed by atoms with Gasteiger partial charge in [0.1, 0.15) is 17.8 Å². The highest BCUT2D eigenvalue weighted by molar-refractivity contribution is 6.07. The molecule has 0 aromatic carbocycles. The molecule has 7 nitrogen and oxygen atoms in total. The van der Waals surface area contributed by atoms with E-state index < -0.39 is 0 Å². The number of fused-ring (bicyclic) bond motifs is 1. The van der Waals surface area contributed by atoms with E-state index in [4.69, 9.17) is 5.41 Å². The molecule has 3 rings (SSSR count). The lowest BCUT2D eigenvalue weighted by molar-refractivity contribution is -0.586. The zero-order valence-electron chi connectivity index (χ0n) is 14.3. The Balaban J connectivity index is 2.07. The summed E-state index contributed by atoms with van der Waals surface area (Å²) in [4.78, 5) is 17.4. The van der Waals surface area contributed by atoms with Crippen LogP contribution in [0.1, 0.15) is 49.4 Å². The van der Waals surface area contributed by atoms with Crippen LogP contribution in [-0.2, 0) is 0 Å². The van der Waals surface area contributed by atoms with Crippen molar-refractivity contribution in [2.45, 2.75) is 32.6 Å². The zero-order valence-corrected chi connectivity index (χ0v) is 14.3. The summed E-state index contributed by atoms with van der Waals surface area (Å²) in [7, 11) is 0. The number of aromatic amines is 1. The van der Waals surface area contributed by atoms with Crippen molar-refractivity contribution in [3.05, 3.63) is 51.2 Å². The fraction of sp³-hybridized carbons (Fsp3) is 0.333. The third-order valence-corrected chi connectivity index (χ3v) is 4.25. The first kappa shape index (κ1) is 16.9. The van der Waals surface area contributed by atoms with Crippen molar-refractivity contribution < 1.29 is 5.32 Å². The van der Waals surface area contributed by atoms with Gasteiger partial charge < -0.3 is 10.7 Å². The van der Waals surface area contributed by atoms with E-state index in [0.717, 1.165) is 19.4 Å². The monoisotopic (exact) mass is 337 g/mol. The summed E-state index contributed by atoms with van der Waals surface area (Å²) in [5.74, 6) is -0.0549. The highest BCUT2D eigenvalue weighted by Gasteiger charge is 2.21. The fourth-order valence-electron chi connectivity index (χ4n) is 2.80. The van der Waals surface area contributed by atoms with Gasteiger partial charge in [-0.25, -0.2) is 9.50 Å². The number of quaternary nitrogens is 1. The SMILES string of the molecule is CC(C)c1c(C(C=N)=C[NH2+]CCC2=CC2)nc2c(C#N)c[nH]n2c1=O. The van der Waals surface area contributed by atoms with E-state index >= 15 is 0 Å². The number of H-pyrrole nitrogens is 1. The van der Waals surface area contributed by atoms with Gasteiger partial charge in [-0.2, -0.15) is 5.26 Å². The highest BCUT2D eigenvalue weighted by Crippen LogP contribution is 2.22. The van der Waals surface area contributed by atoms with Gasteiger partial charge in [-0.1, -0.05) is 25.5 Å². The number of nitrogens with one attached hydrogen (secondary N) is 2. The molecule has 7 heteroatoms. The summed E-state index contributed by atoms with van der Waals surface area (Å²) in [6, 6.07) is 2.04. The van der Waals surface area contributed by atoms with Crippen molar-refractivity contribution >= 4 is 17.4 Å². The Morgan fingerprint density at radius 3 is 2.96 bits per heavy atom. The lowest BCUT2D eigenvalue weighted by atomic mass is 9.99. The highest BCUT2D eigenvalue weighted by atomic mass is 16.1. The predicted molar refractivity (Wildman–Crippen MR) is 95.5 cm³/mol. The number of nitrogens with zero attached hydrogens (tertiary/aromatic N) is 3. The van der Waals surface area contributed by atoms with Gasteiger partial charge in [0.05, 0.1) is 17.8 Å². The van der Waals surface area contributed by atoms with Gasteiger partial charge in [-0.05, 0) is 12.3 Å². The van der Waals surface area contributed by atoms with Gasteiger partial charge in [-0.15, -0.1) is 0 Å². The molecule has 25 heavy (non-hydrogen) atoms. The number of hydrogen-bond acceptors (Lipinski definition) is 4. The van der Waals surface area contributed by atoms with Gasteiger partial charge in [0.2, 0.25) is 0 Å². The van der Waals surface area contributed by atoms with Crippen LogP contribution in [0.15, 0.2) is 28.8 Å². The number of aromatic nitrogens is 3. The zero-order chi connectivity index (χ0) is 18.0. The number of hydrogen-bond donors (Lipinski definition) is 3. The van der Waals surface area contributed by atoms with Crippen LogP contribution in [0.3, 0.4) is 0 Å². The number of nitrogens with two attached hydrogens (primary N) is 1. The van der Waals surface area contributed by atoms with E-state index in [1.807, 2.05) is 31.4 Å². The molecule has 0 saturated heterocycles. The molecule has 0 fully saturated rings. The molecule has 128 valence electrons. The minimum atomic E-state index is -0.229. The summed E-state index contributed by atoms with van der Waals surface area (Å²) >= 11 is 0.